The molecule has 0 aliphatic carbocycles. The number of nitrogens with zero attached hydrogens (tertiary/aromatic N) is 2. The lowest BCUT2D eigenvalue weighted by molar-refractivity contribution is -0.140. The predicted octanol–water partition coefficient (Wildman–Crippen LogP) is 5.18. The Balaban J connectivity index is 2.08. The summed E-state index contributed by atoms with van der Waals surface area (Å²) in [6, 6.07) is 18.9. The number of carbonyl (C=O) groups is 2. The Morgan fingerprint density at radius 3 is 2.15 bits per heavy atom. The zero-order chi connectivity index (χ0) is 29.4. The van der Waals surface area contributed by atoms with Gasteiger partial charge in [0.1, 0.15) is 18.3 Å². The molecule has 0 spiro atoms. The molecule has 0 saturated heterocycles. The molecule has 0 aliphatic heterocycles. The van der Waals surface area contributed by atoms with Crippen LogP contribution in [0.25, 0.3) is 0 Å². The van der Waals surface area contributed by atoms with Crippen molar-refractivity contribution in [1.82, 2.24) is 10.2 Å². The Labute approximate surface area is 241 Å². The highest BCUT2D eigenvalue weighted by Gasteiger charge is 2.34. The monoisotopic (exact) mass is 585 g/mol. The third-order valence-corrected chi connectivity index (χ3v) is 8.52. The van der Waals surface area contributed by atoms with Gasteiger partial charge < -0.3 is 15.0 Å². The van der Waals surface area contributed by atoms with Crippen molar-refractivity contribution in [2.45, 2.75) is 57.6 Å². The summed E-state index contributed by atoms with van der Waals surface area (Å²) in [5, 5.41) is 3.32. The number of ether oxygens (including phenoxy) is 1. The first-order valence-electron chi connectivity index (χ1n) is 13.0. The van der Waals surface area contributed by atoms with Gasteiger partial charge >= 0.3 is 0 Å². The van der Waals surface area contributed by atoms with Crippen LogP contribution in [0, 0.1) is 6.92 Å². The summed E-state index contributed by atoms with van der Waals surface area (Å²) in [5.74, 6) is -0.327. The molecule has 3 rings (SSSR count). The normalized spacial score (nSPS) is 12.1. The van der Waals surface area contributed by atoms with Gasteiger partial charge in [0.25, 0.3) is 10.0 Å². The number of halogens is 1. The maximum atomic E-state index is 14.1. The molecule has 0 bridgehead atoms. The number of nitrogens with one attached hydrogen (secondary N) is 1. The first-order valence-corrected chi connectivity index (χ1v) is 14.9. The number of hydrogen-bond acceptors (Lipinski definition) is 5. The van der Waals surface area contributed by atoms with E-state index in [2.05, 4.69) is 5.32 Å². The molecule has 8 nitrogen and oxygen atoms in total. The Bertz CT molecular complexity index is 1410. The molecule has 0 aromatic heterocycles. The third kappa shape index (κ3) is 7.55. The summed E-state index contributed by atoms with van der Waals surface area (Å²) in [6.45, 7) is 6.85. The Morgan fingerprint density at radius 1 is 0.975 bits per heavy atom. The highest BCUT2D eigenvalue weighted by atomic mass is 35.5. The van der Waals surface area contributed by atoms with Crippen molar-refractivity contribution in [2.75, 3.05) is 18.0 Å². The number of rotatable bonds is 12. The van der Waals surface area contributed by atoms with Gasteiger partial charge in [0.15, 0.2) is 0 Å². The molecular formula is C30H36ClN3O5S. The first kappa shape index (κ1) is 31.0. The quantitative estimate of drug-likeness (QED) is 0.316. The van der Waals surface area contributed by atoms with Gasteiger partial charge in [-0.3, -0.25) is 13.9 Å². The van der Waals surface area contributed by atoms with Gasteiger partial charge in [-0.05, 0) is 75.2 Å². The van der Waals surface area contributed by atoms with Crippen LogP contribution in [0.4, 0.5) is 5.69 Å². The van der Waals surface area contributed by atoms with Crippen molar-refractivity contribution in [2.24, 2.45) is 0 Å². The zero-order valence-electron chi connectivity index (χ0n) is 23.4. The summed E-state index contributed by atoms with van der Waals surface area (Å²) in [5.41, 5.74) is 1.83. The Morgan fingerprint density at radius 2 is 1.60 bits per heavy atom. The smallest absolute Gasteiger partial charge is 0.264 e. The fourth-order valence-corrected chi connectivity index (χ4v) is 5.83. The van der Waals surface area contributed by atoms with E-state index in [1.165, 1.54) is 24.1 Å². The second-order valence-electron chi connectivity index (χ2n) is 9.72. The lowest BCUT2D eigenvalue weighted by Crippen LogP contribution is -2.53. The van der Waals surface area contributed by atoms with E-state index in [4.69, 9.17) is 16.3 Å². The van der Waals surface area contributed by atoms with Crippen molar-refractivity contribution in [3.63, 3.8) is 0 Å². The van der Waals surface area contributed by atoms with Crippen molar-refractivity contribution in [1.29, 1.82) is 0 Å². The minimum atomic E-state index is -4.15. The van der Waals surface area contributed by atoms with Crippen LogP contribution >= 0.6 is 11.6 Å². The molecule has 3 aromatic carbocycles. The van der Waals surface area contributed by atoms with Gasteiger partial charge in [0.05, 0.1) is 17.7 Å². The number of sulfonamides is 1. The van der Waals surface area contributed by atoms with E-state index >= 15 is 0 Å². The van der Waals surface area contributed by atoms with Crippen molar-refractivity contribution in [3.8, 4) is 5.75 Å². The molecule has 0 saturated carbocycles. The fourth-order valence-electron chi connectivity index (χ4n) is 4.23. The van der Waals surface area contributed by atoms with E-state index in [1.807, 2.05) is 27.7 Å². The van der Waals surface area contributed by atoms with Gasteiger partial charge in [-0.2, -0.15) is 0 Å². The maximum absolute atomic E-state index is 14.1. The average Bonchev–Trinajstić information content (AvgIpc) is 2.92. The van der Waals surface area contributed by atoms with Crippen LogP contribution < -0.4 is 14.4 Å². The minimum Gasteiger partial charge on any atom is -0.497 e. The molecule has 40 heavy (non-hydrogen) atoms. The highest BCUT2D eigenvalue weighted by Crippen LogP contribution is 2.27. The van der Waals surface area contributed by atoms with Crippen LogP contribution in [-0.4, -0.2) is 50.9 Å². The second-order valence-corrected chi connectivity index (χ2v) is 12.0. The molecule has 1 N–H and O–H groups in total. The summed E-state index contributed by atoms with van der Waals surface area (Å²) in [6.07, 6.45) is 0.321. The molecule has 0 fully saturated rings. The zero-order valence-corrected chi connectivity index (χ0v) is 25.0. The number of carbonyl (C=O) groups excluding carboxylic acids is 2. The number of anilines is 1. The van der Waals surface area contributed by atoms with E-state index < -0.39 is 28.5 Å². The molecule has 2 amide bonds. The molecule has 3 aromatic rings. The van der Waals surface area contributed by atoms with Gasteiger partial charge in [-0.25, -0.2) is 8.42 Å². The van der Waals surface area contributed by atoms with E-state index in [9.17, 15) is 18.0 Å². The van der Waals surface area contributed by atoms with Crippen molar-refractivity contribution < 1.29 is 22.7 Å². The van der Waals surface area contributed by atoms with E-state index in [0.29, 0.717) is 22.8 Å². The van der Waals surface area contributed by atoms with Crippen molar-refractivity contribution >= 4 is 39.1 Å². The number of hydrogen-bond donors (Lipinski definition) is 1. The van der Waals surface area contributed by atoms with Crippen LogP contribution in [0.3, 0.4) is 0 Å². The number of aryl methyl sites for hydroxylation is 1. The van der Waals surface area contributed by atoms with Crippen LogP contribution in [0.5, 0.6) is 5.75 Å². The molecule has 1 unspecified atom stereocenters. The lowest BCUT2D eigenvalue weighted by atomic mass is 10.1. The van der Waals surface area contributed by atoms with Crippen LogP contribution in [-0.2, 0) is 26.2 Å². The SMILES string of the molecule is CCC(C(=O)NC(C)C)N(Cc1ccccc1Cl)C(=O)CN(c1ccc(OC)cc1)S(=O)(=O)c1ccc(C)cc1. The van der Waals surface area contributed by atoms with E-state index in [0.717, 1.165) is 9.87 Å². The summed E-state index contributed by atoms with van der Waals surface area (Å²) in [7, 11) is -2.64. The number of amides is 2. The molecule has 0 aliphatic rings. The second kappa shape index (κ2) is 13.7. The van der Waals surface area contributed by atoms with Crippen LogP contribution in [0.2, 0.25) is 5.02 Å². The van der Waals surface area contributed by atoms with Gasteiger partial charge in [-0.15, -0.1) is 0 Å². The molecule has 0 heterocycles. The molecular weight excluding hydrogens is 550 g/mol. The summed E-state index contributed by atoms with van der Waals surface area (Å²) < 4.78 is 34.1. The molecule has 1 atom stereocenters. The summed E-state index contributed by atoms with van der Waals surface area (Å²) in [4.78, 5) is 28.7. The first-order chi connectivity index (χ1) is 19.0. The standard InChI is InChI=1S/C30H36ClN3O5S/c1-6-28(30(36)32-21(2)3)33(19-23-9-7-8-10-27(23)31)29(35)20-34(24-13-15-25(39-5)16-14-24)40(37,38)26-17-11-22(4)12-18-26/h7-18,21,28H,6,19-20H2,1-5H3,(H,32,36). The number of benzene rings is 3. The van der Waals surface area contributed by atoms with Crippen LogP contribution in [0.1, 0.15) is 38.3 Å². The van der Waals surface area contributed by atoms with Crippen LogP contribution in [0.15, 0.2) is 77.7 Å². The summed E-state index contributed by atoms with van der Waals surface area (Å²) >= 11 is 6.42. The molecule has 10 heteroatoms. The topological polar surface area (TPSA) is 96.0 Å². The average molecular weight is 586 g/mol. The van der Waals surface area contributed by atoms with Gasteiger partial charge in [0, 0.05) is 17.6 Å². The van der Waals surface area contributed by atoms with E-state index in [1.54, 1.807) is 60.7 Å². The molecule has 214 valence electrons. The molecule has 0 radical (unpaired) electrons. The Kier molecular flexibility index (Phi) is 10.6. The lowest BCUT2D eigenvalue weighted by Gasteiger charge is -2.33. The minimum absolute atomic E-state index is 0.0313. The Hall–Kier alpha value is -3.56. The largest absolute Gasteiger partial charge is 0.497 e. The number of methoxy groups -OCH3 is 1. The maximum Gasteiger partial charge on any atom is 0.264 e. The van der Waals surface area contributed by atoms with Gasteiger partial charge in [0.2, 0.25) is 11.8 Å². The predicted molar refractivity (Wildman–Crippen MR) is 158 cm³/mol. The fraction of sp³-hybridized carbons (Fsp3) is 0.333. The van der Waals surface area contributed by atoms with Crippen molar-refractivity contribution in [3.05, 3.63) is 88.9 Å². The van der Waals surface area contributed by atoms with Gasteiger partial charge in [-0.1, -0.05) is 54.4 Å². The highest BCUT2D eigenvalue weighted by molar-refractivity contribution is 7.92. The van der Waals surface area contributed by atoms with E-state index in [-0.39, 0.29) is 29.1 Å². The third-order valence-electron chi connectivity index (χ3n) is 6.36.